The molecule has 0 rings (SSSR count). The molecular formula is C6H9NaO7S. The van der Waals surface area contributed by atoms with E-state index in [1.165, 1.54) is 0 Å². The zero-order chi connectivity index (χ0) is 11.4. The predicted octanol–water partition coefficient (Wildman–Crippen LogP) is -3.76. The molecule has 2 N–H and O–H groups in total. The molecule has 0 aromatic rings. The van der Waals surface area contributed by atoms with Crippen LogP contribution >= 0.6 is 0 Å². The summed E-state index contributed by atoms with van der Waals surface area (Å²) < 4.78 is 31.4. The third-order valence-corrected chi connectivity index (χ3v) is 2.71. The van der Waals surface area contributed by atoms with E-state index in [0.717, 1.165) is 0 Å². The number of hydrogen-bond donors (Lipinski definition) is 2. The fourth-order valence-electron chi connectivity index (χ4n) is 0.828. The Balaban J connectivity index is 0. The van der Waals surface area contributed by atoms with Crippen LogP contribution in [0.5, 0.6) is 0 Å². The minimum Gasteiger partial charge on any atom is -0.748 e. The van der Waals surface area contributed by atoms with Gasteiger partial charge in [-0.2, -0.15) is 0 Å². The van der Waals surface area contributed by atoms with E-state index in [-0.39, 0.29) is 29.6 Å². The number of carboxylic acid groups (broad SMARTS) is 2. The SMILES string of the molecule is O=C(O)CCC(CC(=O)O)S(=O)(=O)[O-].[Na+]. The molecule has 0 spiro atoms. The zero-order valence-corrected chi connectivity index (χ0v) is 10.9. The Kier molecular flexibility index (Phi) is 8.25. The molecule has 0 fully saturated rings. The molecule has 15 heavy (non-hydrogen) atoms. The van der Waals surface area contributed by atoms with Gasteiger partial charge in [-0.3, -0.25) is 9.59 Å². The Hall–Kier alpha value is -0.150. The Labute approximate surface area is 109 Å². The Bertz CT molecular complexity index is 322. The molecule has 0 aromatic heterocycles. The average molecular weight is 248 g/mol. The standard InChI is InChI=1S/C6H10O7S.Na/c7-5(8)2-1-4(3-6(9)10)14(11,12)13;/h4H,1-3H2,(H,7,8)(H,9,10)(H,11,12,13);/q;+1/p-1. The fourth-order valence-corrected chi connectivity index (χ4v) is 1.58. The third kappa shape index (κ3) is 8.82. The number of rotatable bonds is 6. The van der Waals surface area contributed by atoms with Gasteiger partial charge < -0.3 is 14.8 Å². The summed E-state index contributed by atoms with van der Waals surface area (Å²) in [5.41, 5.74) is 0. The Morgan fingerprint density at radius 3 is 1.93 bits per heavy atom. The van der Waals surface area contributed by atoms with Crippen LogP contribution in [0.4, 0.5) is 0 Å². The first-order valence-corrected chi connectivity index (χ1v) is 5.09. The predicted molar refractivity (Wildman–Crippen MR) is 42.6 cm³/mol. The summed E-state index contributed by atoms with van der Waals surface area (Å²) in [4.78, 5) is 20.2. The quantitative estimate of drug-likeness (QED) is 0.364. The van der Waals surface area contributed by atoms with E-state index in [1.807, 2.05) is 0 Å². The third-order valence-electron chi connectivity index (χ3n) is 1.49. The topological polar surface area (TPSA) is 132 Å². The van der Waals surface area contributed by atoms with E-state index in [9.17, 15) is 22.6 Å². The van der Waals surface area contributed by atoms with Crippen molar-refractivity contribution in [3.05, 3.63) is 0 Å². The van der Waals surface area contributed by atoms with Crippen molar-refractivity contribution in [2.75, 3.05) is 0 Å². The van der Waals surface area contributed by atoms with Crippen molar-refractivity contribution < 1.29 is 62.3 Å². The van der Waals surface area contributed by atoms with Crippen molar-refractivity contribution in [3.8, 4) is 0 Å². The van der Waals surface area contributed by atoms with Crippen LogP contribution in [-0.2, 0) is 19.7 Å². The molecule has 0 aliphatic heterocycles. The second-order valence-electron chi connectivity index (χ2n) is 2.65. The van der Waals surface area contributed by atoms with Crippen LogP contribution < -0.4 is 29.6 Å². The van der Waals surface area contributed by atoms with E-state index in [1.54, 1.807) is 0 Å². The summed E-state index contributed by atoms with van der Waals surface area (Å²) in [5, 5.41) is 14.8. The second kappa shape index (κ2) is 7.18. The number of hydrogen-bond acceptors (Lipinski definition) is 5. The fraction of sp³-hybridized carbons (Fsp3) is 0.667. The zero-order valence-electron chi connectivity index (χ0n) is 8.04. The largest absolute Gasteiger partial charge is 1.00 e. The molecule has 1 atom stereocenters. The summed E-state index contributed by atoms with van der Waals surface area (Å²) in [6.45, 7) is 0. The van der Waals surface area contributed by atoms with Gasteiger partial charge in [0.25, 0.3) is 0 Å². The molecule has 9 heteroatoms. The first-order chi connectivity index (χ1) is 6.23. The van der Waals surface area contributed by atoms with Crippen LogP contribution in [0.1, 0.15) is 19.3 Å². The average Bonchev–Trinajstić information content (AvgIpc) is 1.94. The van der Waals surface area contributed by atoms with Crippen LogP contribution in [-0.4, -0.2) is 40.4 Å². The maximum Gasteiger partial charge on any atom is 1.00 e. The summed E-state index contributed by atoms with van der Waals surface area (Å²) in [6.07, 6.45) is -1.88. The van der Waals surface area contributed by atoms with Crippen LogP contribution in [0.3, 0.4) is 0 Å². The molecule has 1 unspecified atom stereocenters. The van der Waals surface area contributed by atoms with Gasteiger partial charge in [0, 0.05) is 6.42 Å². The maximum absolute atomic E-state index is 10.5. The second-order valence-corrected chi connectivity index (χ2v) is 4.30. The smallest absolute Gasteiger partial charge is 0.748 e. The van der Waals surface area contributed by atoms with Gasteiger partial charge in [-0.25, -0.2) is 8.42 Å². The van der Waals surface area contributed by atoms with Crippen molar-refractivity contribution in [3.63, 3.8) is 0 Å². The maximum atomic E-state index is 10.5. The van der Waals surface area contributed by atoms with E-state index >= 15 is 0 Å². The van der Waals surface area contributed by atoms with E-state index in [4.69, 9.17) is 10.2 Å². The summed E-state index contributed by atoms with van der Waals surface area (Å²) in [5.74, 6) is -2.72. The van der Waals surface area contributed by atoms with Gasteiger partial charge in [-0.15, -0.1) is 0 Å². The van der Waals surface area contributed by atoms with Gasteiger partial charge >= 0.3 is 41.5 Å². The number of carbonyl (C=O) groups is 2. The van der Waals surface area contributed by atoms with Crippen molar-refractivity contribution >= 4 is 22.1 Å². The molecule has 7 nitrogen and oxygen atoms in total. The van der Waals surface area contributed by atoms with Crippen LogP contribution in [0, 0.1) is 0 Å². The van der Waals surface area contributed by atoms with Crippen molar-refractivity contribution in [2.45, 2.75) is 24.5 Å². The van der Waals surface area contributed by atoms with E-state index in [2.05, 4.69) is 0 Å². The first kappa shape index (κ1) is 17.3. The van der Waals surface area contributed by atoms with Gasteiger partial charge in [-0.05, 0) is 6.42 Å². The normalized spacial score (nSPS) is 12.6. The number of aliphatic carboxylic acids is 2. The number of carboxylic acids is 2. The molecule has 0 saturated heterocycles. The molecule has 0 radical (unpaired) electrons. The molecule has 0 aromatic carbocycles. The molecule has 0 amide bonds. The molecule has 0 bridgehead atoms. The van der Waals surface area contributed by atoms with E-state index in [0.29, 0.717) is 0 Å². The summed E-state index contributed by atoms with van der Waals surface area (Å²) in [6, 6.07) is 0. The van der Waals surface area contributed by atoms with Crippen molar-refractivity contribution in [1.29, 1.82) is 0 Å². The minimum atomic E-state index is -4.75. The minimum absolute atomic E-state index is 0. The van der Waals surface area contributed by atoms with Crippen molar-refractivity contribution in [1.82, 2.24) is 0 Å². The van der Waals surface area contributed by atoms with E-state index < -0.39 is 46.6 Å². The van der Waals surface area contributed by atoms with Crippen molar-refractivity contribution in [2.24, 2.45) is 0 Å². The van der Waals surface area contributed by atoms with Gasteiger partial charge in [0.15, 0.2) is 0 Å². The molecular weight excluding hydrogens is 239 g/mol. The molecule has 82 valence electrons. The molecule has 0 aliphatic rings. The van der Waals surface area contributed by atoms with Crippen LogP contribution in [0.25, 0.3) is 0 Å². The van der Waals surface area contributed by atoms with Gasteiger partial charge in [-0.1, -0.05) is 0 Å². The van der Waals surface area contributed by atoms with Crippen LogP contribution in [0.15, 0.2) is 0 Å². The molecule has 0 heterocycles. The Morgan fingerprint density at radius 2 is 1.67 bits per heavy atom. The summed E-state index contributed by atoms with van der Waals surface area (Å²) in [7, 11) is -4.75. The van der Waals surface area contributed by atoms with Gasteiger partial charge in [0.05, 0.1) is 21.8 Å². The van der Waals surface area contributed by atoms with Gasteiger partial charge in [0.2, 0.25) is 0 Å². The van der Waals surface area contributed by atoms with Crippen LogP contribution in [0.2, 0.25) is 0 Å². The molecule has 0 aliphatic carbocycles. The molecule has 0 saturated carbocycles. The summed E-state index contributed by atoms with van der Waals surface area (Å²) >= 11 is 0. The first-order valence-electron chi connectivity index (χ1n) is 3.61. The van der Waals surface area contributed by atoms with Gasteiger partial charge in [0.1, 0.15) is 0 Å². The Morgan fingerprint density at radius 1 is 1.20 bits per heavy atom. The monoisotopic (exact) mass is 248 g/mol.